The van der Waals surface area contributed by atoms with Crippen molar-refractivity contribution >= 4 is 0 Å². The summed E-state index contributed by atoms with van der Waals surface area (Å²) >= 11 is 0. The second kappa shape index (κ2) is 6.02. The first-order chi connectivity index (χ1) is 9.78. The number of rotatable bonds is 3. The number of phenols is 1. The van der Waals surface area contributed by atoms with Gasteiger partial charge in [-0.3, -0.25) is 9.80 Å². The van der Waals surface area contributed by atoms with Crippen LogP contribution in [0.25, 0.3) is 0 Å². The van der Waals surface area contributed by atoms with Crippen molar-refractivity contribution in [3.63, 3.8) is 0 Å². The Morgan fingerprint density at radius 2 is 2.10 bits per heavy atom. The van der Waals surface area contributed by atoms with Gasteiger partial charge in [0.25, 0.3) is 0 Å². The van der Waals surface area contributed by atoms with Crippen LogP contribution in [0.5, 0.6) is 11.5 Å². The summed E-state index contributed by atoms with van der Waals surface area (Å²) in [4.78, 5) is 5.11. The summed E-state index contributed by atoms with van der Waals surface area (Å²) in [6, 6.07) is 6.47. The number of phenolic OH excluding ortho intramolecular Hbond substituents is 1. The van der Waals surface area contributed by atoms with E-state index in [2.05, 4.69) is 9.80 Å². The van der Waals surface area contributed by atoms with Crippen LogP contribution >= 0.6 is 0 Å². The second-order valence-electron chi connectivity index (χ2n) is 5.89. The first-order valence-corrected chi connectivity index (χ1v) is 7.59. The second-order valence-corrected chi connectivity index (χ2v) is 5.89. The zero-order valence-electron chi connectivity index (χ0n) is 12.2. The van der Waals surface area contributed by atoms with Gasteiger partial charge in [0, 0.05) is 24.7 Å². The van der Waals surface area contributed by atoms with Crippen LogP contribution in [0.3, 0.4) is 0 Å². The quantitative estimate of drug-likeness (QED) is 0.917. The van der Waals surface area contributed by atoms with Crippen molar-refractivity contribution in [1.29, 1.82) is 0 Å². The summed E-state index contributed by atoms with van der Waals surface area (Å²) in [5.41, 5.74) is 0.968. The number of hydrogen-bond acceptors (Lipinski definition) is 4. The number of fused-ring (bicyclic) bond motifs is 1. The maximum absolute atomic E-state index is 10.2. The molecule has 0 unspecified atom stereocenters. The van der Waals surface area contributed by atoms with Crippen LogP contribution in [0.1, 0.15) is 24.8 Å². The Balaban J connectivity index is 1.70. The van der Waals surface area contributed by atoms with Gasteiger partial charge < -0.3 is 9.84 Å². The Morgan fingerprint density at radius 1 is 1.25 bits per heavy atom. The maximum atomic E-state index is 10.2. The lowest BCUT2D eigenvalue weighted by atomic mass is 10.1. The SMILES string of the molecule is COc1cccc(CN2CCCN3CCC[C@H]3C2)c1O. The fraction of sp³-hybridized carbons (Fsp3) is 0.625. The fourth-order valence-corrected chi connectivity index (χ4v) is 3.53. The van der Waals surface area contributed by atoms with Crippen molar-refractivity contribution in [3.05, 3.63) is 23.8 Å². The summed E-state index contributed by atoms with van der Waals surface area (Å²) in [7, 11) is 1.60. The van der Waals surface area contributed by atoms with Crippen molar-refractivity contribution in [2.75, 3.05) is 33.3 Å². The minimum Gasteiger partial charge on any atom is -0.504 e. The van der Waals surface area contributed by atoms with Gasteiger partial charge in [-0.15, -0.1) is 0 Å². The van der Waals surface area contributed by atoms with Crippen LogP contribution in [-0.2, 0) is 6.54 Å². The van der Waals surface area contributed by atoms with Gasteiger partial charge in [-0.05, 0) is 45.0 Å². The topological polar surface area (TPSA) is 35.9 Å². The van der Waals surface area contributed by atoms with Crippen LogP contribution in [0.2, 0.25) is 0 Å². The number of aromatic hydroxyl groups is 1. The van der Waals surface area contributed by atoms with Crippen molar-refractivity contribution in [2.45, 2.75) is 31.8 Å². The summed E-state index contributed by atoms with van der Waals surface area (Å²) in [6.45, 7) is 5.54. The highest BCUT2D eigenvalue weighted by Gasteiger charge is 2.28. The molecular weight excluding hydrogens is 252 g/mol. The molecule has 2 heterocycles. The Labute approximate surface area is 120 Å². The molecule has 0 spiro atoms. The van der Waals surface area contributed by atoms with E-state index in [-0.39, 0.29) is 0 Å². The summed E-state index contributed by atoms with van der Waals surface area (Å²) in [5, 5.41) is 10.2. The van der Waals surface area contributed by atoms with Crippen molar-refractivity contribution < 1.29 is 9.84 Å². The largest absolute Gasteiger partial charge is 0.504 e. The Morgan fingerprint density at radius 3 is 2.95 bits per heavy atom. The molecule has 20 heavy (non-hydrogen) atoms. The van der Waals surface area contributed by atoms with Crippen molar-refractivity contribution in [2.24, 2.45) is 0 Å². The first-order valence-electron chi connectivity index (χ1n) is 7.59. The highest BCUT2D eigenvalue weighted by Crippen LogP contribution is 2.31. The molecule has 0 radical (unpaired) electrons. The standard InChI is InChI=1S/C16H24N2O2/c1-20-15-7-2-5-13(16(15)19)11-17-8-4-10-18-9-3-6-14(18)12-17/h2,5,7,14,19H,3-4,6,8-12H2,1H3/t14-/m0/s1. The minimum absolute atomic E-state index is 0.294. The van der Waals surface area contributed by atoms with E-state index in [0.717, 1.165) is 25.2 Å². The zero-order valence-corrected chi connectivity index (χ0v) is 12.2. The molecule has 1 atom stereocenters. The molecule has 1 N–H and O–H groups in total. The molecule has 0 amide bonds. The van der Waals surface area contributed by atoms with Gasteiger partial charge >= 0.3 is 0 Å². The lowest BCUT2D eigenvalue weighted by Gasteiger charge is -2.26. The Hall–Kier alpha value is -1.26. The van der Waals surface area contributed by atoms with Crippen LogP contribution in [0.15, 0.2) is 18.2 Å². The lowest BCUT2D eigenvalue weighted by molar-refractivity contribution is 0.213. The van der Waals surface area contributed by atoms with Crippen LogP contribution < -0.4 is 4.74 Å². The van der Waals surface area contributed by atoms with Gasteiger partial charge in [-0.1, -0.05) is 12.1 Å². The maximum Gasteiger partial charge on any atom is 0.162 e. The highest BCUT2D eigenvalue weighted by atomic mass is 16.5. The third kappa shape index (κ3) is 2.76. The predicted molar refractivity (Wildman–Crippen MR) is 79.1 cm³/mol. The van der Waals surface area contributed by atoms with E-state index >= 15 is 0 Å². The first kappa shape index (κ1) is 13.7. The number of benzene rings is 1. The van der Waals surface area contributed by atoms with Gasteiger partial charge in [0.1, 0.15) is 0 Å². The van der Waals surface area contributed by atoms with E-state index in [9.17, 15) is 5.11 Å². The van der Waals surface area contributed by atoms with E-state index in [1.54, 1.807) is 13.2 Å². The number of ether oxygens (including phenoxy) is 1. The van der Waals surface area contributed by atoms with Gasteiger partial charge in [0.05, 0.1) is 7.11 Å². The molecule has 0 bridgehead atoms. The third-order valence-corrected chi connectivity index (χ3v) is 4.58. The van der Waals surface area contributed by atoms with E-state index in [1.165, 1.54) is 32.4 Å². The summed E-state index contributed by atoms with van der Waals surface area (Å²) in [5.74, 6) is 0.863. The number of nitrogens with zero attached hydrogens (tertiary/aromatic N) is 2. The van der Waals surface area contributed by atoms with Gasteiger partial charge in [0.15, 0.2) is 11.5 Å². The Kier molecular flexibility index (Phi) is 4.13. The molecule has 0 aliphatic carbocycles. The fourth-order valence-electron chi connectivity index (χ4n) is 3.53. The van der Waals surface area contributed by atoms with E-state index in [4.69, 9.17) is 4.74 Å². The summed E-state index contributed by atoms with van der Waals surface area (Å²) in [6.07, 6.45) is 3.88. The normalized spacial score (nSPS) is 24.4. The van der Waals surface area contributed by atoms with Gasteiger partial charge in [0.2, 0.25) is 0 Å². The average molecular weight is 276 g/mol. The predicted octanol–water partition coefficient (Wildman–Crippen LogP) is 2.07. The molecule has 110 valence electrons. The van der Waals surface area contributed by atoms with Gasteiger partial charge in [-0.25, -0.2) is 0 Å². The van der Waals surface area contributed by atoms with Crippen molar-refractivity contribution in [3.8, 4) is 11.5 Å². The number of methoxy groups -OCH3 is 1. The molecule has 4 nitrogen and oxygen atoms in total. The van der Waals surface area contributed by atoms with Crippen LogP contribution in [0, 0.1) is 0 Å². The van der Waals surface area contributed by atoms with E-state index in [1.807, 2.05) is 12.1 Å². The monoisotopic (exact) mass is 276 g/mol. The molecule has 2 saturated heterocycles. The van der Waals surface area contributed by atoms with Crippen LogP contribution in [0.4, 0.5) is 0 Å². The molecule has 4 heteroatoms. The molecular formula is C16H24N2O2. The van der Waals surface area contributed by atoms with Gasteiger partial charge in [-0.2, -0.15) is 0 Å². The van der Waals surface area contributed by atoms with E-state index < -0.39 is 0 Å². The molecule has 0 saturated carbocycles. The average Bonchev–Trinajstić information content (AvgIpc) is 2.80. The molecule has 1 aromatic carbocycles. The van der Waals surface area contributed by atoms with E-state index in [0.29, 0.717) is 17.5 Å². The third-order valence-electron chi connectivity index (χ3n) is 4.58. The smallest absolute Gasteiger partial charge is 0.162 e. The van der Waals surface area contributed by atoms with Crippen molar-refractivity contribution in [1.82, 2.24) is 9.80 Å². The lowest BCUT2D eigenvalue weighted by Crippen LogP contribution is -2.36. The Bertz CT molecular complexity index is 464. The highest BCUT2D eigenvalue weighted by molar-refractivity contribution is 5.45. The minimum atomic E-state index is 0.294. The molecule has 1 aromatic rings. The summed E-state index contributed by atoms with van der Waals surface area (Å²) < 4.78 is 5.19. The molecule has 2 fully saturated rings. The molecule has 2 aliphatic rings. The molecule has 0 aromatic heterocycles. The number of hydrogen-bond donors (Lipinski definition) is 1. The zero-order chi connectivity index (χ0) is 13.9. The molecule has 2 aliphatic heterocycles. The number of para-hydroxylation sites is 1. The molecule has 3 rings (SSSR count). The van der Waals surface area contributed by atoms with Crippen LogP contribution in [-0.4, -0.2) is 54.2 Å².